The van der Waals surface area contributed by atoms with Crippen LogP contribution >= 0.6 is 0 Å². The highest BCUT2D eigenvalue weighted by Crippen LogP contribution is 2.19. The Morgan fingerprint density at radius 1 is 1.50 bits per heavy atom. The first-order valence-electron chi connectivity index (χ1n) is 5.07. The van der Waals surface area contributed by atoms with E-state index in [1.807, 2.05) is 24.3 Å². The third kappa shape index (κ3) is 2.04. The summed E-state index contributed by atoms with van der Waals surface area (Å²) in [6.45, 7) is 0.270. The topological polar surface area (TPSA) is 92.0 Å². The number of nitrogens with zero attached hydrogens (tertiary/aromatic N) is 1. The minimum absolute atomic E-state index is 0.00365. The Morgan fingerprint density at radius 2 is 2.25 bits per heavy atom. The lowest BCUT2D eigenvalue weighted by atomic mass is 10.1. The zero-order valence-corrected chi connectivity index (χ0v) is 8.68. The van der Waals surface area contributed by atoms with Crippen LogP contribution in [-0.4, -0.2) is 27.6 Å². The number of imidazole rings is 1. The minimum atomic E-state index is -0.865. The van der Waals surface area contributed by atoms with E-state index in [4.69, 9.17) is 10.8 Å². The monoisotopic (exact) mass is 219 g/mol. The number of benzene rings is 1. The standard InChI is InChI=1S/C11H13N3O2/c12-6-7(5-10(15)16)11-13-8-3-1-2-4-9(8)14-11/h1-4,7H,5-6,12H2,(H,13,14)(H,15,16). The SMILES string of the molecule is NCC(CC(=O)O)c1nc2ccccc2[nH]1. The van der Waals surface area contributed by atoms with E-state index in [1.54, 1.807) is 0 Å². The van der Waals surface area contributed by atoms with Crippen molar-refractivity contribution in [3.05, 3.63) is 30.1 Å². The summed E-state index contributed by atoms with van der Waals surface area (Å²) in [5, 5.41) is 8.75. The molecule has 16 heavy (non-hydrogen) atoms. The lowest BCUT2D eigenvalue weighted by molar-refractivity contribution is -0.137. The molecular formula is C11H13N3O2. The minimum Gasteiger partial charge on any atom is -0.481 e. The highest BCUT2D eigenvalue weighted by molar-refractivity contribution is 5.75. The maximum atomic E-state index is 10.7. The molecular weight excluding hydrogens is 206 g/mol. The average molecular weight is 219 g/mol. The number of H-pyrrole nitrogens is 1. The molecule has 0 radical (unpaired) electrons. The molecule has 1 heterocycles. The third-order valence-electron chi connectivity index (χ3n) is 2.50. The van der Waals surface area contributed by atoms with Gasteiger partial charge in [0.15, 0.2) is 0 Å². The smallest absolute Gasteiger partial charge is 0.304 e. The summed E-state index contributed by atoms with van der Waals surface area (Å²) >= 11 is 0. The van der Waals surface area contributed by atoms with Crippen LogP contribution < -0.4 is 5.73 Å². The third-order valence-corrected chi connectivity index (χ3v) is 2.50. The Bertz CT molecular complexity index is 474. The summed E-state index contributed by atoms with van der Waals surface area (Å²) < 4.78 is 0. The van der Waals surface area contributed by atoms with Crippen molar-refractivity contribution in [1.82, 2.24) is 9.97 Å². The van der Waals surface area contributed by atoms with Crippen LogP contribution in [-0.2, 0) is 4.79 Å². The van der Waals surface area contributed by atoms with Crippen LogP contribution in [0.25, 0.3) is 11.0 Å². The largest absolute Gasteiger partial charge is 0.481 e. The Labute approximate surface area is 92.3 Å². The fraction of sp³-hybridized carbons (Fsp3) is 0.273. The van der Waals surface area contributed by atoms with Gasteiger partial charge in [-0.1, -0.05) is 12.1 Å². The van der Waals surface area contributed by atoms with Crippen molar-refractivity contribution in [3.63, 3.8) is 0 Å². The van der Waals surface area contributed by atoms with Gasteiger partial charge in [0, 0.05) is 12.5 Å². The number of nitrogens with one attached hydrogen (secondary N) is 1. The van der Waals surface area contributed by atoms with Gasteiger partial charge >= 0.3 is 5.97 Å². The van der Waals surface area contributed by atoms with Crippen molar-refractivity contribution in [2.75, 3.05) is 6.54 Å². The second-order valence-electron chi connectivity index (χ2n) is 3.67. The molecule has 0 saturated heterocycles. The molecule has 1 atom stereocenters. The predicted octanol–water partition coefficient (Wildman–Crippen LogP) is 1.08. The van der Waals surface area contributed by atoms with Gasteiger partial charge in [0.1, 0.15) is 5.82 Å². The van der Waals surface area contributed by atoms with E-state index in [0.717, 1.165) is 11.0 Å². The van der Waals surface area contributed by atoms with Crippen LogP contribution in [0.1, 0.15) is 18.2 Å². The van der Waals surface area contributed by atoms with Gasteiger partial charge in [-0.2, -0.15) is 0 Å². The van der Waals surface area contributed by atoms with E-state index in [0.29, 0.717) is 5.82 Å². The number of fused-ring (bicyclic) bond motifs is 1. The summed E-state index contributed by atoms with van der Waals surface area (Å²) in [5.74, 6) is -0.480. The molecule has 84 valence electrons. The number of aromatic amines is 1. The molecule has 0 amide bonds. The molecule has 0 bridgehead atoms. The Kier molecular flexibility index (Phi) is 2.87. The average Bonchev–Trinajstić information content (AvgIpc) is 2.68. The number of aromatic nitrogens is 2. The number of carboxylic acid groups (broad SMARTS) is 1. The highest BCUT2D eigenvalue weighted by atomic mass is 16.4. The Hall–Kier alpha value is -1.88. The lowest BCUT2D eigenvalue weighted by Crippen LogP contribution is -2.17. The molecule has 2 aromatic rings. The summed E-state index contributed by atoms with van der Waals surface area (Å²) in [7, 11) is 0. The van der Waals surface area contributed by atoms with E-state index in [1.165, 1.54) is 0 Å². The zero-order chi connectivity index (χ0) is 11.5. The number of rotatable bonds is 4. The number of aliphatic carboxylic acids is 1. The number of para-hydroxylation sites is 2. The molecule has 5 nitrogen and oxygen atoms in total. The number of carbonyl (C=O) groups is 1. The molecule has 0 aliphatic heterocycles. The summed E-state index contributed by atoms with van der Waals surface area (Å²) in [6, 6.07) is 7.57. The quantitative estimate of drug-likeness (QED) is 0.717. The van der Waals surface area contributed by atoms with Crippen molar-refractivity contribution >= 4 is 17.0 Å². The fourth-order valence-electron chi connectivity index (χ4n) is 1.67. The lowest BCUT2D eigenvalue weighted by Gasteiger charge is -2.07. The van der Waals surface area contributed by atoms with Gasteiger partial charge in [0.2, 0.25) is 0 Å². The maximum Gasteiger partial charge on any atom is 0.304 e. The number of hydrogen-bond donors (Lipinski definition) is 3. The zero-order valence-electron chi connectivity index (χ0n) is 8.68. The van der Waals surface area contributed by atoms with Crippen LogP contribution in [0.2, 0.25) is 0 Å². The first-order chi connectivity index (χ1) is 7.70. The molecule has 0 aliphatic carbocycles. The molecule has 0 saturated carbocycles. The highest BCUT2D eigenvalue weighted by Gasteiger charge is 2.17. The van der Waals surface area contributed by atoms with E-state index < -0.39 is 5.97 Å². The second-order valence-corrected chi connectivity index (χ2v) is 3.67. The van der Waals surface area contributed by atoms with E-state index in [2.05, 4.69) is 9.97 Å². The predicted molar refractivity (Wildman–Crippen MR) is 60.1 cm³/mol. The van der Waals surface area contributed by atoms with Gasteiger partial charge < -0.3 is 15.8 Å². The fourth-order valence-corrected chi connectivity index (χ4v) is 1.67. The van der Waals surface area contributed by atoms with Gasteiger partial charge in [-0.25, -0.2) is 4.98 Å². The van der Waals surface area contributed by atoms with Crippen LogP contribution in [0.15, 0.2) is 24.3 Å². The van der Waals surface area contributed by atoms with Crippen LogP contribution in [0.5, 0.6) is 0 Å². The van der Waals surface area contributed by atoms with Crippen LogP contribution in [0, 0.1) is 0 Å². The molecule has 2 rings (SSSR count). The van der Waals surface area contributed by atoms with Gasteiger partial charge in [0.05, 0.1) is 17.5 Å². The molecule has 1 aromatic carbocycles. The first kappa shape index (κ1) is 10.6. The van der Waals surface area contributed by atoms with Gasteiger partial charge in [-0.3, -0.25) is 4.79 Å². The van der Waals surface area contributed by atoms with Crippen molar-refractivity contribution < 1.29 is 9.90 Å². The van der Waals surface area contributed by atoms with Crippen LogP contribution in [0.3, 0.4) is 0 Å². The van der Waals surface area contributed by atoms with Crippen molar-refractivity contribution in [3.8, 4) is 0 Å². The molecule has 1 unspecified atom stereocenters. The molecule has 0 fully saturated rings. The molecule has 1 aromatic heterocycles. The summed E-state index contributed by atoms with van der Waals surface area (Å²) in [5.41, 5.74) is 7.29. The van der Waals surface area contributed by atoms with Gasteiger partial charge in [-0.05, 0) is 12.1 Å². The number of nitrogens with two attached hydrogens (primary N) is 1. The van der Waals surface area contributed by atoms with Crippen molar-refractivity contribution in [2.45, 2.75) is 12.3 Å². The van der Waals surface area contributed by atoms with Gasteiger partial charge in [-0.15, -0.1) is 0 Å². The summed E-state index contributed by atoms with van der Waals surface area (Å²) in [6.07, 6.45) is -0.00365. The van der Waals surface area contributed by atoms with Gasteiger partial charge in [0.25, 0.3) is 0 Å². The van der Waals surface area contributed by atoms with E-state index in [9.17, 15) is 4.79 Å². The van der Waals surface area contributed by atoms with Crippen LogP contribution in [0.4, 0.5) is 0 Å². The number of hydrogen-bond acceptors (Lipinski definition) is 3. The Balaban J connectivity index is 2.34. The second kappa shape index (κ2) is 4.32. The normalized spacial score (nSPS) is 12.8. The van der Waals surface area contributed by atoms with Crippen molar-refractivity contribution in [1.29, 1.82) is 0 Å². The maximum absolute atomic E-state index is 10.7. The Morgan fingerprint density at radius 3 is 2.88 bits per heavy atom. The molecule has 4 N–H and O–H groups in total. The molecule has 5 heteroatoms. The van der Waals surface area contributed by atoms with E-state index in [-0.39, 0.29) is 18.9 Å². The van der Waals surface area contributed by atoms with E-state index >= 15 is 0 Å². The molecule has 0 aliphatic rings. The first-order valence-corrected chi connectivity index (χ1v) is 5.07. The number of carboxylic acids is 1. The van der Waals surface area contributed by atoms with Crippen molar-refractivity contribution in [2.24, 2.45) is 5.73 Å². The summed E-state index contributed by atoms with van der Waals surface area (Å²) in [4.78, 5) is 18.1. The molecule has 0 spiro atoms.